The molecular formula is C16H20ClNO2. The first-order chi connectivity index (χ1) is 9.56. The molecule has 108 valence electrons. The lowest BCUT2D eigenvalue weighted by Gasteiger charge is -2.15. The summed E-state index contributed by atoms with van der Waals surface area (Å²) in [6.07, 6.45) is 4.19. The molecule has 0 saturated carbocycles. The Morgan fingerprint density at radius 1 is 1.40 bits per heavy atom. The predicted molar refractivity (Wildman–Crippen MR) is 81.4 cm³/mol. The van der Waals surface area contributed by atoms with Crippen molar-refractivity contribution in [2.24, 2.45) is 5.92 Å². The van der Waals surface area contributed by atoms with E-state index in [1.54, 1.807) is 12.1 Å². The second-order valence-corrected chi connectivity index (χ2v) is 5.73. The van der Waals surface area contributed by atoms with Crippen LogP contribution in [0.1, 0.15) is 55.5 Å². The quantitative estimate of drug-likeness (QED) is 0.798. The maximum Gasteiger partial charge on any atom is 0.228 e. The highest BCUT2D eigenvalue weighted by atomic mass is 35.5. The summed E-state index contributed by atoms with van der Waals surface area (Å²) in [6.45, 7) is 4.15. The molecule has 1 aliphatic rings. The molecule has 1 N–H and O–H groups in total. The molecule has 1 atom stereocenters. The Hall–Kier alpha value is -1.35. The number of carbonyl (C=O) groups is 2. The Bertz CT molecular complexity index is 540. The number of unbranched alkanes of at least 4 members (excludes halogenated alkanes) is 1. The normalized spacial score (nSPS) is 14.8. The van der Waals surface area contributed by atoms with E-state index >= 15 is 0 Å². The minimum Gasteiger partial charge on any atom is -0.325 e. The fraction of sp³-hybridized carbons (Fsp3) is 0.500. The summed E-state index contributed by atoms with van der Waals surface area (Å²) in [5.41, 5.74) is 2.16. The van der Waals surface area contributed by atoms with Crippen LogP contribution in [-0.4, -0.2) is 11.7 Å². The van der Waals surface area contributed by atoms with Crippen LogP contribution in [0, 0.1) is 5.92 Å². The summed E-state index contributed by atoms with van der Waals surface area (Å²) >= 11 is 6.21. The molecule has 3 nitrogen and oxygen atoms in total. The van der Waals surface area contributed by atoms with E-state index in [0.717, 1.165) is 36.9 Å². The second-order valence-electron chi connectivity index (χ2n) is 5.33. The van der Waals surface area contributed by atoms with Crippen molar-refractivity contribution in [2.75, 3.05) is 5.32 Å². The van der Waals surface area contributed by atoms with Gasteiger partial charge in [0.1, 0.15) is 0 Å². The van der Waals surface area contributed by atoms with Gasteiger partial charge in [-0.2, -0.15) is 0 Å². The van der Waals surface area contributed by atoms with Crippen LogP contribution in [0.5, 0.6) is 0 Å². The summed E-state index contributed by atoms with van der Waals surface area (Å²) in [6, 6.07) is 3.48. The Balaban J connectivity index is 2.26. The number of Topliss-reactive ketones (excluding diaryl/α,β-unsaturated/α-hetero) is 1. The number of ketones is 1. The van der Waals surface area contributed by atoms with Gasteiger partial charge in [0, 0.05) is 17.2 Å². The molecular weight excluding hydrogens is 274 g/mol. The predicted octanol–water partition coefficient (Wildman–Crippen LogP) is 4.23. The first-order valence-electron chi connectivity index (χ1n) is 7.23. The number of hydrogen-bond acceptors (Lipinski definition) is 2. The molecule has 0 aliphatic carbocycles. The van der Waals surface area contributed by atoms with E-state index in [2.05, 4.69) is 12.2 Å². The SMILES string of the molecule is CCCCC(CC)C(=O)c1cc2c(cc1Cl)NC(=O)C2. The van der Waals surface area contributed by atoms with Gasteiger partial charge < -0.3 is 5.32 Å². The zero-order chi connectivity index (χ0) is 14.7. The average Bonchev–Trinajstić information content (AvgIpc) is 2.77. The molecule has 20 heavy (non-hydrogen) atoms. The fourth-order valence-corrected chi connectivity index (χ4v) is 2.88. The number of amides is 1. The molecule has 0 aromatic heterocycles. The van der Waals surface area contributed by atoms with Crippen LogP contribution in [0.3, 0.4) is 0 Å². The molecule has 0 fully saturated rings. The molecule has 1 heterocycles. The van der Waals surface area contributed by atoms with Gasteiger partial charge in [0.25, 0.3) is 0 Å². The number of rotatable bonds is 6. The summed E-state index contributed by atoms with van der Waals surface area (Å²) in [4.78, 5) is 24.0. The summed E-state index contributed by atoms with van der Waals surface area (Å²) in [7, 11) is 0. The molecule has 1 aromatic rings. The van der Waals surface area contributed by atoms with Gasteiger partial charge in [-0.1, -0.05) is 38.3 Å². The number of carbonyl (C=O) groups excluding carboxylic acids is 2. The van der Waals surface area contributed by atoms with E-state index in [9.17, 15) is 9.59 Å². The standard InChI is InChI=1S/C16H20ClNO2/c1-3-5-6-10(4-2)16(20)12-7-11-8-15(19)18-14(11)9-13(12)17/h7,9-10H,3-6,8H2,1-2H3,(H,18,19). The Kier molecular flexibility index (Phi) is 4.81. The van der Waals surface area contributed by atoms with E-state index < -0.39 is 0 Å². The van der Waals surface area contributed by atoms with Gasteiger partial charge in [-0.15, -0.1) is 0 Å². The van der Waals surface area contributed by atoms with Gasteiger partial charge >= 0.3 is 0 Å². The number of halogens is 1. The van der Waals surface area contributed by atoms with Gasteiger partial charge in [-0.25, -0.2) is 0 Å². The van der Waals surface area contributed by atoms with Crippen molar-refractivity contribution in [1.29, 1.82) is 0 Å². The monoisotopic (exact) mass is 293 g/mol. The zero-order valence-corrected chi connectivity index (χ0v) is 12.7. The number of nitrogens with one attached hydrogen (secondary N) is 1. The van der Waals surface area contributed by atoms with Crippen molar-refractivity contribution >= 4 is 29.0 Å². The van der Waals surface area contributed by atoms with Crippen LogP contribution in [0.2, 0.25) is 5.02 Å². The van der Waals surface area contributed by atoms with E-state index in [4.69, 9.17) is 11.6 Å². The first kappa shape index (κ1) is 15.0. The minimum atomic E-state index is -0.0429. The Labute approximate surface area is 124 Å². The van der Waals surface area contributed by atoms with E-state index in [-0.39, 0.29) is 17.6 Å². The van der Waals surface area contributed by atoms with Crippen molar-refractivity contribution in [1.82, 2.24) is 0 Å². The van der Waals surface area contributed by atoms with Crippen molar-refractivity contribution in [3.63, 3.8) is 0 Å². The number of benzene rings is 1. The average molecular weight is 294 g/mol. The molecule has 0 saturated heterocycles. The highest BCUT2D eigenvalue weighted by Crippen LogP contribution is 2.32. The Morgan fingerprint density at radius 3 is 2.80 bits per heavy atom. The largest absolute Gasteiger partial charge is 0.325 e. The molecule has 1 unspecified atom stereocenters. The summed E-state index contributed by atoms with van der Waals surface area (Å²) in [5, 5.41) is 3.18. The molecule has 0 radical (unpaired) electrons. The van der Waals surface area contributed by atoms with Gasteiger partial charge in [-0.05, 0) is 30.5 Å². The molecule has 1 aromatic carbocycles. The molecule has 0 spiro atoms. The fourth-order valence-electron chi connectivity index (χ4n) is 2.63. The molecule has 4 heteroatoms. The third-order valence-electron chi connectivity index (χ3n) is 3.85. The van der Waals surface area contributed by atoms with Gasteiger partial charge in [-0.3, -0.25) is 9.59 Å². The number of fused-ring (bicyclic) bond motifs is 1. The number of hydrogen-bond donors (Lipinski definition) is 1. The van der Waals surface area contributed by atoms with Crippen LogP contribution >= 0.6 is 11.6 Å². The third kappa shape index (κ3) is 3.04. The smallest absolute Gasteiger partial charge is 0.228 e. The van der Waals surface area contributed by atoms with Crippen molar-refractivity contribution in [3.8, 4) is 0 Å². The highest BCUT2D eigenvalue weighted by molar-refractivity contribution is 6.34. The molecule has 1 amide bonds. The Morgan fingerprint density at radius 2 is 2.15 bits per heavy atom. The highest BCUT2D eigenvalue weighted by Gasteiger charge is 2.25. The maximum absolute atomic E-state index is 12.6. The maximum atomic E-state index is 12.6. The topological polar surface area (TPSA) is 46.2 Å². The zero-order valence-electron chi connectivity index (χ0n) is 12.0. The minimum absolute atomic E-state index is 0.0237. The van der Waals surface area contributed by atoms with Gasteiger partial charge in [0.15, 0.2) is 5.78 Å². The number of anilines is 1. The lowest BCUT2D eigenvalue weighted by molar-refractivity contribution is -0.115. The van der Waals surface area contributed by atoms with Crippen molar-refractivity contribution < 1.29 is 9.59 Å². The van der Waals surface area contributed by atoms with E-state index in [1.165, 1.54) is 0 Å². The summed E-state index contributed by atoms with van der Waals surface area (Å²) in [5.74, 6) is 0.0855. The van der Waals surface area contributed by atoms with Crippen molar-refractivity contribution in [2.45, 2.75) is 46.0 Å². The molecule has 2 rings (SSSR count). The second kappa shape index (κ2) is 6.40. The van der Waals surface area contributed by atoms with Crippen LogP contribution in [0.4, 0.5) is 5.69 Å². The third-order valence-corrected chi connectivity index (χ3v) is 4.17. The molecule has 0 bridgehead atoms. The van der Waals surface area contributed by atoms with Crippen LogP contribution in [0.15, 0.2) is 12.1 Å². The van der Waals surface area contributed by atoms with Crippen LogP contribution < -0.4 is 5.32 Å². The first-order valence-corrected chi connectivity index (χ1v) is 7.61. The van der Waals surface area contributed by atoms with E-state index in [1.807, 2.05) is 6.92 Å². The summed E-state index contributed by atoms with van der Waals surface area (Å²) < 4.78 is 0. The van der Waals surface area contributed by atoms with Crippen LogP contribution in [0.25, 0.3) is 0 Å². The lowest BCUT2D eigenvalue weighted by atomic mass is 9.89. The van der Waals surface area contributed by atoms with Gasteiger partial charge in [0.05, 0.1) is 11.4 Å². The van der Waals surface area contributed by atoms with E-state index in [0.29, 0.717) is 17.0 Å². The lowest BCUT2D eigenvalue weighted by Crippen LogP contribution is -2.15. The molecule has 1 aliphatic heterocycles. The van der Waals surface area contributed by atoms with Crippen molar-refractivity contribution in [3.05, 3.63) is 28.3 Å². The van der Waals surface area contributed by atoms with Crippen LogP contribution in [-0.2, 0) is 11.2 Å². The van der Waals surface area contributed by atoms with Gasteiger partial charge in [0.2, 0.25) is 5.91 Å².